The van der Waals surface area contributed by atoms with Crippen LogP contribution in [0.1, 0.15) is 42.3 Å². The molecule has 0 radical (unpaired) electrons. The number of benzene rings is 1. The van der Waals surface area contributed by atoms with E-state index >= 15 is 0 Å². The van der Waals surface area contributed by atoms with Gasteiger partial charge in [-0.25, -0.2) is 0 Å². The zero-order valence-electron chi connectivity index (χ0n) is 15.5. The summed E-state index contributed by atoms with van der Waals surface area (Å²) >= 11 is 14.0. The molecule has 3 nitrogen and oxygen atoms in total. The molecule has 0 saturated carbocycles. The third-order valence-electron chi connectivity index (χ3n) is 4.50. The summed E-state index contributed by atoms with van der Waals surface area (Å²) in [6.07, 6.45) is 4.39. The number of aliphatic hydroxyl groups excluding tert-OH is 1. The second-order valence-electron chi connectivity index (χ2n) is 6.72. The van der Waals surface area contributed by atoms with Crippen molar-refractivity contribution in [2.45, 2.75) is 49.8 Å². The third kappa shape index (κ3) is 4.52. The van der Waals surface area contributed by atoms with Crippen LogP contribution < -0.4 is 0 Å². The molecule has 6 heteroatoms. The molecule has 0 saturated heterocycles. The molecule has 0 aliphatic carbocycles. The highest BCUT2D eigenvalue weighted by molar-refractivity contribution is 7.99. The van der Waals surface area contributed by atoms with E-state index in [0.717, 1.165) is 27.6 Å². The number of aromatic nitrogens is 2. The zero-order chi connectivity index (χ0) is 19.6. The van der Waals surface area contributed by atoms with Gasteiger partial charge >= 0.3 is 0 Å². The van der Waals surface area contributed by atoms with Gasteiger partial charge in [0, 0.05) is 45.5 Å². The van der Waals surface area contributed by atoms with E-state index in [-0.39, 0.29) is 12.6 Å². The molecule has 2 heterocycles. The Hall–Kier alpha value is -1.46. The average molecular weight is 421 g/mol. The first-order valence-corrected chi connectivity index (χ1v) is 10.3. The van der Waals surface area contributed by atoms with E-state index in [1.54, 1.807) is 30.2 Å². The average Bonchev–Trinajstić information content (AvgIpc) is 2.87. The normalized spacial score (nSPS) is 11.4. The van der Waals surface area contributed by atoms with Crippen molar-refractivity contribution in [2.75, 3.05) is 0 Å². The van der Waals surface area contributed by atoms with Crippen LogP contribution in [0.2, 0.25) is 10.0 Å². The van der Waals surface area contributed by atoms with Crippen LogP contribution in [0, 0.1) is 6.92 Å². The predicted molar refractivity (Wildman–Crippen MR) is 113 cm³/mol. The highest BCUT2D eigenvalue weighted by Gasteiger charge is 2.22. The van der Waals surface area contributed by atoms with Gasteiger partial charge in [-0.3, -0.25) is 4.98 Å². The van der Waals surface area contributed by atoms with Crippen LogP contribution in [0.25, 0.3) is 0 Å². The summed E-state index contributed by atoms with van der Waals surface area (Å²) in [6, 6.07) is 9.83. The van der Waals surface area contributed by atoms with Gasteiger partial charge in [-0.15, -0.1) is 0 Å². The van der Waals surface area contributed by atoms with Gasteiger partial charge in [0.1, 0.15) is 0 Å². The fourth-order valence-corrected chi connectivity index (χ4v) is 5.27. The summed E-state index contributed by atoms with van der Waals surface area (Å²) in [5, 5.41) is 12.4. The second kappa shape index (κ2) is 8.70. The van der Waals surface area contributed by atoms with Crippen LogP contribution in [0.3, 0.4) is 0 Å². The number of pyridine rings is 1. The quantitative estimate of drug-likeness (QED) is 0.507. The van der Waals surface area contributed by atoms with Gasteiger partial charge in [0.15, 0.2) is 0 Å². The number of halogens is 2. The Labute approximate surface area is 174 Å². The van der Waals surface area contributed by atoms with Crippen molar-refractivity contribution in [1.29, 1.82) is 0 Å². The second-order valence-corrected chi connectivity index (χ2v) is 8.65. The van der Waals surface area contributed by atoms with Crippen molar-refractivity contribution < 1.29 is 5.11 Å². The zero-order valence-corrected chi connectivity index (χ0v) is 17.9. The van der Waals surface area contributed by atoms with Gasteiger partial charge in [0.2, 0.25) is 0 Å². The first-order valence-electron chi connectivity index (χ1n) is 8.77. The van der Waals surface area contributed by atoms with Crippen LogP contribution >= 0.6 is 35.0 Å². The minimum Gasteiger partial charge on any atom is -0.390 e. The van der Waals surface area contributed by atoms with Crippen molar-refractivity contribution in [1.82, 2.24) is 9.55 Å². The van der Waals surface area contributed by atoms with Gasteiger partial charge in [-0.2, -0.15) is 0 Å². The van der Waals surface area contributed by atoms with E-state index in [2.05, 4.69) is 30.3 Å². The predicted octanol–water partition coefficient (Wildman–Crippen LogP) is 6.31. The summed E-state index contributed by atoms with van der Waals surface area (Å²) in [6.45, 7) is 6.34. The third-order valence-corrected chi connectivity index (χ3v) is 6.04. The highest BCUT2D eigenvalue weighted by atomic mass is 35.5. The van der Waals surface area contributed by atoms with Crippen molar-refractivity contribution in [3.8, 4) is 0 Å². The number of aliphatic hydroxyl groups is 1. The van der Waals surface area contributed by atoms with E-state index in [1.165, 1.54) is 11.1 Å². The molecular weight excluding hydrogens is 399 g/mol. The lowest BCUT2D eigenvalue weighted by Crippen LogP contribution is -2.07. The summed E-state index contributed by atoms with van der Waals surface area (Å²) in [7, 11) is 0. The maximum atomic E-state index is 10.0. The van der Waals surface area contributed by atoms with Crippen LogP contribution in [0.4, 0.5) is 0 Å². The Balaban J connectivity index is 2.13. The molecule has 0 amide bonds. The van der Waals surface area contributed by atoms with E-state index in [1.807, 2.05) is 24.3 Å². The van der Waals surface area contributed by atoms with Crippen LogP contribution in [0.5, 0.6) is 0 Å². The SMILES string of the molecule is Cc1c(Cc2ccncc2)c(Sc2cc(Cl)cc(Cl)c2)n(C(C)C)c1CO. The van der Waals surface area contributed by atoms with Crippen molar-refractivity contribution in [3.05, 3.63) is 75.2 Å². The van der Waals surface area contributed by atoms with Crippen LogP contribution in [-0.2, 0) is 13.0 Å². The molecule has 0 aliphatic heterocycles. The molecule has 0 spiro atoms. The van der Waals surface area contributed by atoms with Gasteiger partial charge in [-0.1, -0.05) is 35.0 Å². The molecule has 1 N–H and O–H groups in total. The minimum absolute atomic E-state index is 0.00419. The van der Waals surface area contributed by atoms with Crippen molar-refractivity contribution in [3.63, 3.8) is 0 Å². The molecule has 0 atom stereocenters. The number of rotatable bonds is 6. The topological polar surface area (TPSA) is 38.0 Å². The molecule has 142 valence electrons. The first-order chi connectivity index (χ1) is 12.9. The first kappa shape index (κ1) is 20.3. The van der Waals surface area contributed by atoms with E-state index in [0.29, 0.717) is 10.0 Å². The number of hydrogen-bond acceptors (Lipinski definition) is 3. The Morgan fingerprint density at radius 1 is 1.11 bits per heavy atom. The fraction of sp³-hybridized carbons (Fsp3) is 0.286. The molecule has 0 fully saturated rings. The molecule has 0 unspecified atom stereocenters. The molecule has 0 aliphatic rings. The summed E-state index contributed by atoms with van der Waals surface area (Å²) in [5.74, 6) is 0. The minimum atomic E-state index is 0.00419. The lowest BCUT2D eigenvalue weighted by atomic mass is 10.0. The lowest BCUT2D eigenvalue weighted by Gasteiger charge is -2.17. The van der Waals surface area contributed by atoms with Gasteiger partial charge < -0.3 is 9.67 Å². The standard InChI is InChI=1S/C21H22Cl2N2OS/c1-13(2)25-20(12-26)14(3)19(8-15-4-6-24-7-5-15)21(25)27-18-10-16(22)9-17(23)11-18/h4-7,9-11,13,26H,8,12H2,1-3H3. The lowest BCUT2D eigenvalue weighted by molar-refractivity contribution is 0.265. The van der Waals surface area contributed by atoms with E-state index < -0.39 is 0 Å². The van der Waals surface area contributed by atoms with Crippen molar-refractivity contribution in [2.24, 2.45) is 0 Å². The largest absolute Gasteiger partial charge is 0.390 e. The summed E-state index contributed by atoms with van der Waals surface area (Å²) in [5.41, 5.74) is 4.47. The molecule has 2 aromatic heterocycles. The number of nitrogens with zero attached hydrogens (tertiary/aromatic N) is 2. The Kier molecular flexibility index (Phi) is 6.53. The monoisotopic (exact) mass is 420 g/mol. The Bertz CT molecular complexity index is 919. The molecule has 1 aromatic carbocycles. The summed E-state index contributed by atoms with van der Waals surface area (Å²) in [4.78, 5) is 5.09. The van der Waals surface area contributed by atoms with Gasteiger partial charge in [-0.05, 0) is 67.8 Å². The molecule has 27 heavy (non-hydrogen) atoms. The Morgan fingerprint density at radius 3 is 2.30 bits per heavy atom. The molecule has 3 rings (SSSR count). The maximum Gasteiger partial charge on any atom is 0.0840 e. The van der Waals surface area contributed by atoms with Crippen molar-refractivity contribution >= 4 is 35.0 Å². The Morgan fingerprint density at radius 2 is 1.74 bits per heavy atom. The maximum absolute atomic E-state index is 10.0. The van der Waals surface area contributed by atoms with Crippen LogP contribution in [0.15, 0.2) is 52.6 Å². The van der Waals surface area contributed by atoms with Gasteiger partial charge in [0.25, 0.3) is 0 Å². The smallest absolute Gasteiger partial charge is 0.0840 e. The molecule has 0 bridgehead atoms. The number of hydrogen-bond donors (Lipinski definition) is 1. The fourth-order valence-electron chi connectivity index (χ4n) is 3.25. The molecular formula is C21H22Cl2N2OS. The van der Waals surface area contributed by atoms with E-state index in [4.69, 9.17) is 23.2 Å². The summed E-state index contributed by atoms with van der Waals surface area (Å²) < 4.78 is 2.21. The van der Waals surface area contributed by atoms with E-state index in [9.17, 15) is 5.11 Å². The highest BCUT2D eigenvalue weighted by Crippen LogP contribution is 2.40. The van der Waals surface area contributed by atoms with Crippen LogP contribution in [-0.4, -0.2) is 14.7 Å². The van der Waals surface area contributed by atoms with Gasteiger partial charge in [0.05, 0.1) is 11.6 Å². The molecule has 3 aromatic rings.